The van der Waals surface area contributed by atoms with Crippen LogP contribution in [0, 0.1) is 6.07 Å². The fraction of sp³-hybridized carbons (Fsp3) is 0.600. The van der Waals surface area contributed by atoms with Gasteiger partial charge in [0.15, 0.2) is 0 Å². The van der Waals surface area contributed by atoms with Crippen LogP contribution in [0.3, 0.4) is 0 Å². The van der Waals surface area contributed by atoms with E-state index in [0.29, 0.717) is 0 Å². The average Bonchev–Trinajstić information content (AvgIpc) is 2.62. The van der Waals surface area contributed by atoms with Gasteiger partial charge in [0.05, 0.1) is 11.6 Å². The minimum absolute atomic E-state index is 1.23. The third kappa shape index (κ3) is 1.48. The summed E-state index contributed by atoms with van der Waals surface area (Å²) in [5.74, 6) is 0. The summed E-state index contributed by atoms with van der Waals surface area (Å²) in [6.45, 7) is 6.84. The van der Waals surface area contributed by atoms with Gasteiger partial charge in [-0.15, -0.1) is 0 Å². The molecule has 0 aliphatic carbocycles. The summed E-state index contributed by atoms with van der Waals surface area (Å²) in [7, 11) is -1.24. The summed E-state index contributed by atoms with van der Waals surface area (Å²) in [6, 6.07) is 8.87. The molecule has 0 aromatic carbocycles. The van der Waals surface area contributed by atoms with Crippen molar-refractivity contribution in [2.45, 2.75) is 38.9 Å². The molecule has 1 rings (SSSR count). The molecule has 2 heteroatoms. The quantitative estimate of drug-likeness (QED) is 0.651. The zero-order valence-electron chi connectivity index (χ0n) is 8.18. The highest BCUT2D eigenvalue weighted by Gasteiger charge is 2.31. The summed E-state index contributed by atoms with van der Waals surface area (Å²) < 4.78 is 5.48. The largest absolute Gasteiger partial charge is 0.474 e. The zero-order chi connectivity index (χ0) is 9.03. The fourth-order valence-electron chi connectivity index (χ4n) is 1.79. The summed E-state index contributed by atoms with van der Waals surface area (Å²) in [5.41, 5.74) is 0. The molecule has 0 aliphatic rings. The Balaban J connectivity index is 2.93. The molecule has 1 nitrogen and oxygen atoms in total. The highest BCUT2D eigenvalue weighted by Crippen LogP contribution is 2.19. The van der Waals surface area contributed by atoms with Crippen molar-refractivity contribution in [3.63, 3.8) is 0 Å². The van der Waals surface area contributed by atoms with E-state index in [9.17, 15) is 0 Å². The molecule has 1 aromatic rings. The van der Waals surface area contributed by atoms with Crippen LogP contribution in [0.4, 0.5) is 0 Å². The van der Waals surface area contributed by atoms with Crippen molar-refractivity contribution in [3.05, 3.63) is 18.4 Å². The topological polar surface area (TPSA) is 13.1 Å². The molecule has 1 radical (unpaired) electrons. The van der Waals surface area contributed by atoms with Gasteiger partial charge in [0.1, 0.15) is 8.07 Å². The SMILES string of the molecule is CC[Si](CC)(CC)c1c[c]co1. The van der Waals surface area contributed by atoms with E-state index in [2.05, 4.69) is 26.8 Å². The molecule has 0 saturated carbocycles. The van der Waals surface area contributed by atoms with Crippen molar-refractivity contribution >= 4 is 13.5 Å². The first-order valence-electron chi connectivity index (χ1n) is 4.74. The van der Waals surface area contributed by atoms with Gasteiger partial charge in [0.2, 0.25) is 0 Å². The molecule has 0 aliphatic heterocycles. The van der Waals surface area contributed by atoms with E-state index >= 15 is 0 Å². The Morgan fingerprint density at radius 2 is 1.83 bits per heavy atom. The maximum Gasteiger partial charge on any atom is 0.131 e. The predicted octanol–water partition coefficient (Wildman–Crippen LogP) is 2.80. The van der Waals surface area contributed by atoms with Crippen LogP contribution in [-0.4, -0.2) is 8.07 Å². The lowest BCUT2D eigenvalue weighted by Crippen LogP contribution is -2.44. The minimum atomic E-state index is -1.24. The second-order valence-electron chi connectivity index (χ2n) is 3.25. The van der Waals surface area contributed by atoms with E-state index < -0.39 is 8.07 Å². The third-order valence-electron chi connectivity index (χ3n) is 3.02. The van der Waals surface area contributed by atoms with Gasteiger partial charge in [0, 0.05) is 6.07 Å². The highest BCUT2D eigenvalue weighted by atomic mass is 28.3. The minimum Gasteiger partial charge on any atom is -0.474 e. The first-order valence-corrected chi connectivity index (χ1v) is 7.36. The molecule has 0 amide bonds. The Hall–Kier alpha value is -0.503. The Labute approximate surface area is 75.8 Å². The first-order chi connectivity index (χ1) is 5.79. The lowest BCUT2D eigenvalue weighted by molar-refractivity contribution is 0.594. The normalized spacial score (nSPS) is 11.9. The van der Waals surface area contributed by atoms with E-state index in [1.165, 1.54) is 23.5 Å². The average molecular weight is 181 g/mol. The first kappa shape index (κ1) is 9.58. The van der Waals surface area contributed by atoms with Crippen molar-refractivity contribution in [1.82, 2.24) is 0 Å². The molecule has 0 spiro atoms. The van der Waals surface area contributed by atoms with Crippen LogP contribution in [0.1, 0.15) is 20.8 Å². The van der Waals surface area contributed by atoms with Crippen molar-refractivity contribution in [2.24, 2.45) is 0 Å². The molecule has 0 fully saturated rings. The molecule has 1 aromatic heterocycles. The van der Waals surface area contributed by atoms with Gasteiger partial charge in [-0.05, 0) is 6.07 Å². The third-order valence-corrected chi connectivity index (χ3v) is 8.39. The van der Waals surface area contributed by atoms with Crippen LogP contribution in [0.2, 0.25) is 18.1 Å². The Morgan fingerprint density at radius 1 is 1.25 bits per heavy atom. The molecule has 0 N–H and O–H groups in total. The van der Waals surface area contributed by atoms with Crippen LogP contribution in [0.15, 0.2) is 16.7 Å². The molecule has 67 valence electrons. The van der Waals surface area contributed by atoms with E-state index in [0.717, 1.165) is 0 Å². The summed E-state index contributed by atoms with van der Waals surface area (Å²) in [6.07, 6.45) is 1.68. The van der Waals surface area contributed by atoms with Gasteiger partial charge < -0.3 is 4.42 Å². The molecular weight excluding hydrogens is 164 g/mol. The van der Waals surface area contributed by atoms with Gasteiger partial charge in [-0.25, -0.2) is 0 Å². The van der Waals surface area contributed by atoms with Gasteiger partial charge in [-0.2, -0.15) is 0 Å². The van der Waals surface area contributed by atoms with Crippen molar-refractivity contribution in [3.8, 4) is 0 Å². The van der Waals surface area contributed by atoms with Crippen LogP contribution in [0.25, 0.3) is 0 Å². The van der Waals surface area contributed by atoms with Gasteiger partial charge in [-0.3, -0.25) is 0 Å². The van der Waals surface area contributed by atoms with Gasteiger partial charge in [-0.1, -0.05) is 38.9 Å². The smallest absolute Gasteiger partial charge is 0.131 e. The maximum atomic E-state index is 5.48. The number of hydrogen-bond acceptors (Lipinski definition) is 1. The second-order valence-corrected chi connectivity index (χ2v) is 8.43. The standard InChI is InChI=1S/C10H17OSi/c1-4-12(5-2,6-3)10-8-7-9-11-10/h8-9H,4-6H2,1-3H3. The van der Waals surface area contributed by atoms with Crippen molar-refractivity contribution in [2.75, 3.05) is 0 Å². The second kappa shape index (κ2) is 3.94. The van der Waals surface area contributed by atoms with Gasteiger partial charge in [0.25, 0.3) is 0 Å². The summed E-state index contributed by atoms with van der Waals surface area (Å²) in [4.78, 5) is 0. The molecule has 0 bridgehead atoms. The van der Waals surface area contributed by atoms with Crippen LogP contribution < -0.4 is 5.38 Å². The van der Waals surface area contributed by atoms with Crippen molar-refractivity contribution in [1.29, 1.82) is 0 Å². The van der Waals surface area contributed by atoms with E-state index in [1.54, 1.807) is 6.26 Å². The van der Waals surface area contributed by atoms with Crippen LogP contribution in [0.5, 0.6) is 0 Å². The monoisotopic (exact) mass is 181 g/mol. The van der Waals surface area contributed by atoms with E-state index in [1.807, 2.05) is 6.07 Å². The van der Waals surface area contributed by atoms with E-state index in [4.69, 9.17) is 4.42 Å². The molecule has 1 heterocycles. The molecule has 12 heavy (non-hydrogen) atoms. The molecule has 0 unspecified atom stereocenters. The predicted molar refractivity (Wildman–Crippen MR) is 54.4 cm³/mol. The van der Waals surface area contributed by atoms with Crippen LogP contribution >= 0.6 is 0 Å². The number of furan rings is 1. The van der Waals surface area contributed by atoms with E-state index in [-0.39, 0.29) is 0 Å². The van der Waals surface area contributed by atoms with Crippen molar-refractivity contribution < 1.29 is 4.42 Å². The highest BCUT2D eigenvalue weighted by molar-refractivity contribution is 6.90. The molecule has 0 atom stereocenters. The molecule has 0 saturated heterocycles. The summed E-state index contributed by atoms with van der Waals surface area (Å²) >= 11 is 0. The maximum absolute atomic E-state index is 5.48. The fourth-order valence-corrected chi connectivity index (χ4v) is 5.04. The number of hydrogen-bond donors (Lipinski definition) is 0. The Bertz CT molecular complexity index is 203. The Kier molecular flexibility index (Phi) is 3.15. The Morgan fingerprint density at radius 3 is 2.17 bits per heavy atom. The molecular formula is C10H17OSi. The summed E-state index contributed by atoms with van der Waals surface area (Å²) in [5, 5.41) is 1.23. The lowest BCUT2D eigenvalue weighted by Gasteiger charge is -2.24. The lowest BCUT2D eigenvalue weighted by atomic mass is 10.7. The van der Waals surface area contributed by atoms with Gasteiger partial charge >= 0.3 is 0 Å². The zero-order valence-corrected chi connectivity index (χ0v) is 9.18. The number of rotatable bonds is 4. The van der Waals surface area contributed by atoms with Crippen LogP contribution in [-0.2, 0) is 0 Å².